The second-order valence-corrected chi connectivity index (χ2v) is 5.54. The fraction of sp³-hybridized carbons (Fsp3) is 0.846. The van der Waals surface area contributed by atoms with Crippen molar-refractivity contribution in [1.29, 1.82) is 0 Å². The Morgan fingerprint density at radius 3 is 2.72 bits per heavy atom. The van der Waals surface area contributed by atoms with Crippen molar-refractivity contribution < 1.29 is 19.6 Å². The summed E-state index contributed by atoms with van der Waals surface area (Å²) in [5.41, 5.74) is 0. The van der Waals surface area contributed by atoms with Gasteiger partial charge in [-0.05, 0) is 12.8 Å². The number of hydrogen-bond donors (Lipinski definition) is 2. The molecule has 0 bridgehead atoms. The van der Waals surface area contributed by atoms with Crippen LogP contribution in [-0.4, -0.2) is 37.6 Å². The van der Waals surface area contributed by atoms with Crippen molar-refractivity contribution in [3.63, 3.8) is 0 Å². The molecular weight excluding hydrogens is 232 g/mol. The number of nitrogens with one attached hydrogen (secondary N) is 2. The van der Waals surface area contributed by atoms with Gasteiger partial charge in [-0.3, -0.25) is 4.79 Å². The van der Waals surface area contributed by atoms with Crippen LogP contribution in [0, 0.1) is 5.92 Å². The molecule has 1 aliphatic heterocycles. The number of hydrogen-bond acceptors (Lipinski definition) is 3. The predicted molar refractivity (Wildman–Crippen MR) is 63.7 cm³/mol. The van der Waals surface area contributed by atoms with Crippen LogP contribution in [0.3, 0.4) is 0 Å². The van der Waals surface area contributed by atoms with Crippen LogP contribution >= 0.6 is 0 Å². The van der Waals surface area contributed by atoms with E-state index >= 15 is 0 Å². The number of rotatable bonds is 4. The molecule has 102 valence electrons. The van der Waals surface area contributed by atoms with Crippen LogP contribution in [0.5, 0.6) is 0 Å². The number of quaternary nitrogens is 1. The Labute approximate surface area is 108 Å². The van der Waals surface area contributed by atoms with Gasteiger partial charge in [-0.2, -0.15) is 0 Å². The van der Waals surface area contributed by atoms with Crippen LogP contribution < -0.4 is 15.3 Å². The van der Waals surface area contributed by atoms with Crippen molar-refractivity contribution in [3.8, 4) is 0 Å². The third kappa shape index (κ3) is 3.45. The molecule has 0 aromatic carbocycles. The van der Waals surface area contributed by atoms with E-state index in [9.17, 15) is 14.7 Å². The van der Waals surface area contributed by atoms with Crippen molar-refractivity contribution in [3.05, 3.63) is 0 Å². The van der Waals surface area contributed by atoms with E-state index in [1.165, 1.54) is 32.1 Å². The number of carbonyl (C=O) groups excluding carboxylic acids is 2. The van der Waals surface area contributed by atoms with Crippen molar-refractivity contribution in [1.82, 2.24) is 5.32 Å². The first-order valence-corrected chi connectivity index (χ1v) is 6.99. The lowest BCUT2D eigenvalue weighted by Crippen LogP contribution is -3.20. The third-order valence-electron chi connectivity index (χ3n) is 4.20. The average Bonchev–Trinajstić information content (AvgIpc) is 2.34. The topological polar surface area (TPSA) is 73.7 Å². The second kappa shape index (κ2) is 6.18. The van der Waals surface area contributed by atoms with E-state index in [4.69, 9.17) is 0 Å². The summed E-state index contributed by atoms with van der Waals surface area (Å²) in [5, 5.41) is 13.5. The highest BCUT2D eigenvalue weighted by Crippen LogP contribution is 2.22. The predicted octanol–water partition coefficient (Wildman–Crippen LogP) is -1.91. The first kappa shape index (κ1) is 13.3. The zero-order chi connectivity index (χ0) is 13.0. The van der Waals surface area contributed by atoms with Gasteiger partial charge < -0.3 is 20.1 Å². The van der Waals surface area contributed by atoms with E-state index < -0.39 is 12.0 Å². The summed E-state index contributed by atoms with van der Waals surface area (Å²) in [6.07, 6.45) is 6.15. The summed E-state index contributed by atoms with van der Waals surface area (Å²) in [6.45, 7) is 2.43. The van der Waals surface area contributed by atoms with E-state index in [1.54, 1.807) is 0 Å². The Hall–Kier alpha value is -1.10. The van der Waals surface area contributed by atoms with Gasteiger partial charge in [0.15, 0.2) is 6.04 Å². The van der Waals surface area contributed by atoms with Gasteiger partial charge >= 0.3 is 0 Å². The number of carboxylic acids is 1. The van der Waals surface area contributed by atoms with Gasteiger partial charge in [-0.25, -0.2) is 0 Å². The molecule has 0 aromatic heterocycles. The molecule has 2 fully saturated rings. The molecular formula is C13H22N2O3. The maximum Gasteiger partial charge on any atom is 0.278 e. The summed E-state index contributed by atoms with van der Waals surface area (Å²) in [5.74, 6) is -0.599. The largest absolute Gasteiger partial charge is 0.550 e. The van der Waals surface area contributed by atoms with Gasteiger partial charge in [0, 0.05) is 18.3 Å². The van der Waals surface area contributed by atoms with Crippen molar-refractivity contribution >= 4 is 11.9 Å². The lowest BCUT2D eigenvalue weighted by Gasteiger charge is -2.35. The first-order valence-electron chi connectivity index (χ1n) is 6.99. The van der Waals surface area contributed by atoms with Crippen molar-refractivity contribution in [2.45, 2.75) is 44.6 Å². The number of carboxylic acid groups (broad SMARTS) is 1. The molecule has 2 aliphatic rings. The minimum atomic E-state index is -1.13. The van der Waals surface area contributed by atoms with Gasteiger partial charge in [0.05, 0.1) is 19.6 Å². The van der Waals surface area contributed by atoms with E-state index in [0.717, 1.165) is 18.0 Å². The number of aliphatic carboxylic acids is 1. The molecule has 2 rings (SSSR count). The number of piperazine rings is 1. The highest BCUT2D eigenvalue weighted by Gasteiger charge is 2.35. The highest BCUT2D eigenvalue weighted by atomic mass is 16.4. The molecule has 1 unspecified atom stereocenters. The molecule has 5 heteroatoms. The zero-order valence-electron chi connectivity index (χ0n) is 10.7. The lowest BCUT2D eigenvalue weighted by molar-refractivity contribution is -0.920. The number of carbonyl (C=O) groups is 2. The van der Waals surface area contributed by atoms with E-state index in [2.05, 4.69) is 5.32 Å². The minimum absolute atomic E-state index is 0.128. The maximum atomic E-state index is 11.8. The molecule has 18 heavy (non-hydrogen) atoms. The van der Waals surface area contributed by atoms with E-state index in [0.29, 0.717) is 12.5 Å². The SMILES string of the molecule is O=C([O-])C[C@@H]1C(=O)NCC[NH+]1CC1CCCCC1. The minimum Gasteiger partial charge on any atom is -0.550 e. The van der Waals surface area contributed by atoms with E-state index in [-0.39, 0.29) is 12.3 Å². The Morgan fingerprint density at radius 2 is 2.06 bits per heavy atom. The fourth-order valence-corrected chi connectivity index (χ4v) is 3.24. The normalized spacial score (nSPS) is 29.9. The Bertz CT molecular complexity index is 313. The Morgan fingerprint density at radius 1 is 1.33 bits per heavy atom. The van der Waals surface area contributed by atoms with Crippen molar-refractivity contribution in [2.24, 2.45) is 5.92 Å². The molecule has 1 saturated carbocycles. The van der Waals surface area contributed by atoms with Crippen LogP contribution in [0.25, 0.3) is 0 Å². The van der Waals surface area contributed by atoms with Crippen LogP contribution in [0.1, 0.15) is 38.5 Å². The highest BCUT2D eigenvalue weighted by molar-refractivity contribution is 5.84. The Kier molecular flexibility index (Phi) is 4.58. The summed E-state index contributed by atoms with van der Waals surface area (Å²) in [6, 6.07) is -0.453. The van der Waals surface area contributed by atoms with Crippen molar-refractivity contribution in [2.75, 3.05) is 19.6 Å². The monoisotopic (exact) mass is 254 g/mol. The molecule has 0 aromatic rings. The maximum absolute atomic E-state index is 11.8. The van der Waals surface area contributed by atoms with Gasteiger partial charge in [0.2, 0.25) is 0 Å². The molecule has 2 atom stereocenters. The van der Waals surface area contributed by atoms with Crippen LogP contribution in [-0.2, 0) is 9.59 Å². The smallest absolute Gasteiger partial charge is 0.278 e. The molecule has 1 saturated heterocycles. The molecule has 1 heterocycles. The summed E-state index contributed by atoms with van der Waals surface area (Å²) in [7, 11) is 0. The third-order valence-corrected chi connectivity index (χ3v) is 4.20. The van der Waals surface area contributed by atoms with Gasteiger partial charge in [0.25, 0.3) is 5.91 Å². The first-order chi connectivity index (χ1) is 8.66. The molecule has 0 radical (unpaired) electrons. The lowest BCUT2D eigenvalue weighted by atomic mass is 9.88. The quantitative estimate of drug-likeness (QED) is 0.615. The molecule has 1 aliphatic carbocycles. The van der Waals surface area contributed by atoms with Gasteiger partial charge in [-0.1, -0.05) is 19.3 Å². The zero-order valence-corrected chi connectivity index (χ0v) is 10.7. The summed E-state index contributed by atoms with van der Waals surface area (Å²) >= 11 is 0. The van der Waals surface area contributed by atoms with Gasteiger partial charge in [-0.15, -0.1) is 0 Å². The second-order valence-electron chi connectivity index (χ2n) is 5.54. The fourth-order valence-electron chi connectivity index (χ4n) is 3.24. The molecule has 5 nitrogen and oxygen atoms in total. The molecule has 0 spiro atoms. The van der Waals surface area contributed by atoms with E-state index in [1.807, 2.05) is 0 Å². The standard InChI is InChI=1S/C13H22N2O3/c16-12(17)8-11-13(18)14-6-7-15(11)9-10-4-2-1-3-5-10/h10-11H,1-9H2,(H,14,18)(H,16,17)/t11-/m1/s1. The molecule has 1 amide bonds. The summed E-state index contributed by atoms with van der Waals surface area (Å²) in [4.78, 5) is 23.6. The molecule has 2 N–H and O–H groups in total. The van der Waals surface area contributed by atoms with Crippen LogP contribution in [0.4, 0.5) is 0 Å². The average molecular weight is 254 g/mol. The Balaban J connectivity index is 1.93. The number of amides is 1. The van der Waals surface area contributed by atoms with Crippen LogP contribution in [0.15, 0.2) is 0 Å². The van der Waals surface area contributed by atoms with Crippen LogP contribution in [0.2, 0.25) is 0 Å². The summed E-state index contributed by atoms with van der Waals surface area (Å²) < 4.78 is 0. The van der Waals surface area contributed by atoms with Gasteiger partial charge in [0.1, 0.15) is 0 Å².